The van der Waals surface area contributed by atoms with Crippen molar-refractivity contribution in [3.05, 3.63) is 35.1 Å². The summed E-state index contributed by atoms with van der Waals surface area (Å²) in [5.41, 5.74) is -0.682. The van der Waals surface area contributed by atoms with E-state index in [1.54, 1.807) is 0 Å². The van der Waals surface area contributed by atoms with E-state index in [9.17, 15) is 13.2 Å². The molecule has 1 fully saturated rings. The van der Waals surface area contributed by atoms with Crippen LogP contribution in [0.5, 0.6) is 0 Å². The Kier molecular flexibility index (Phi) is 1.96. The summed E-state index contributed by atoms with van der Waals surface area (Å²) in [5, 5.41) is 0. The average molecular weight is 209 g/mol. The lowest BCUT2D eigenvalue weighted by molar-refractivity contribution is 0.386. The molecule has 1 aliphatic rings. The normalized spacial score (nSPS) is 26.2. The van der Waals surface area contributed by atoms with E-state index in [1.165, 1.54) is 0 Å². The molecule has 13 heavy (non-hydrogen) atoms. The molecule has 0 saturated carbocycles. The number of alkyl halides is 1. The fraction of sp³-hybridized carbons (Fsp3) is 0.250. The SMILES string of the molecule is Fc1ccc(C2OC2Cl)c(F)c1F. The zero-order valence-corrected chi connectivity index (χ0v) is 6.99. The molecule has 1 aliphatic heterocycles. The van der Waals surface area contributed by atoms with E-state index in [4.69, 9.17) is 16.3 Å². The molecule has 1 heterocycles. The predicted molar refractivity (Wildman–Crippen MR) is 39.8 cm³/mol. The van der Waals surface area contributed by atoms with Gasteiger partial charge in [-0.1, -0.05) is 17.7 Å². The van der Waals surface area contributed by atoms with Gasteiger partial charge in [-0.2, -0.15) is 0 Å². The molecular formula is C8H4ClF3O. The maximum absolute atomic E-state index is 13.0. The summed E-state index contributed by atoms with van der Waals surface area (Å²) in [6, 6.07) is 1.97. The van der Waals surface area contributed by atoms with Gasteiger partial charge in [0.05, 0.1) is 0 Å². The molecule has 1 aromatic carbocycles. The lowest BCUT2D eigenvalue weighted by Crippen LogP contribution is -1.96. The Bertz CT molecular complexity index is 355. The first-order valence-corrected chi connectivity index (χ1v) is 3.98. The number of ether oxygens (including phenoxy) is 1. The monoisotopic (exact) mass is 208 g/mol. The van der Waals surface area contributed by atoms with E-state index in [0.29, 0.717) is 0 Å². The van der Waals surface area contributed by atoms with Crippen molar-refractivity contribution in [2.24, 2.45) is 0 Å². The first kappa shape index (κ1) is 8.84. The molecule has 0 aromatic heterocycles. The summed E-state index contributed by atoms with van der Waals surface area (Å²) >= 11 is 5.45. The Balaban J connectivity index is 2.43. The summed E-state index contributed by atoms with van der Waals surface area (Å²) in [7, 11) is 0. The van der Waals surface area contributed by atoms with Crippen LogP contribution in [-0.4, -0.2) is 5.56 Å². The van der Waals surface area contributed by atoms with Crippen LogP contribution in [0.4, 0.5) is 13.2 Å². The van der Waals surface area contributed by atoms with E-state index in [2.05, 4.69) is 0 Å². The summed E-state index contributed by atoms with van der Waals surface area (Å²) < 4.78 is 42.8. The lowest BCUT2D eigenvalue weighted by Gasteiger charge is -1.99. The molecule has 0 bridgehead atoms. The summed E-state index contributed by atoms with van der Waals surface area (Å²) in [6.45, 7) is 0. The van der Waals surface area contributed by atoms with Crippen LogP contribution in [0.25, 0.3) is 0 Å². The third kappa shape index (κ3) is 1.40. The summed E-state index contributed by atoms with van der Waals surface area (Å²) in [5.74, 6) is -3.93. The average Bonchev–Trinajstić information content (AvgIpc) is 2.79. The molecular weight excluding hydrogens is 205 g/mol. The second kappa shape index (κ2) is 2.89. The van der Waals surface area contributed by atoms with Crippen molar-refractivity contribution in [3.8, 4) is 0 Å². The number of rotatable bonds is 1. The van der Waals surface area contributed by atoms with Crippen molar-refractivity contribution in [1.29, 1.82) is 0 Å². The standard InChI is InChI=1S/C8H4ClF3O/c9-8-7(13-8)3-1-2-4(10)6(12)5(3)11/h1-2,7-8H. The van der Waals surface area contributed by atoms with Crippen LogP contribution in [0.1, 0.15) is 11.7 Å². The van der Waals surface area contributed by atoms with Gasteiger partial charge in [-0.25, -0.2) is 13.2 Å². The predicted octanol–water partition coefficient (Wildman–Crippen LogP) is 2.74. The molecule has 2 atom stereocenters. The largest absolute Gasteiger partial charge is 0.347 e. The quantitative estimate of drug-likeness (QED) is 0.393. The first-order valence-electron chi connectivity index (χ1n) is 3.54. The van der Waals surface area contributed by atoms with Gasteiger partial charge >= 0.3 is 0 Å². The second-order valence-corrected chi connectivity index (χ2v) is 3.10. The number of hydrogen-bond donors (Lipinski definition) is 0. The second-order valence-electron chi connectivity index (χ2n) is 2.67. The van der Waals surface area contributed by atoms with Gasteiger partial charge < -0.3 is 4.74 Å². The van der Waals surface area contributed by atoms with Gasteiger partial charge in [-0.05, 0) is 6.07 Å². The minimum atomic E-state index is -1.49. The van der Waals surface area contributed by atoms with Crippen LogP contribution in [-0.2, 0) is 4.74 Å². The van der Waals surface area contributed by atoms with Crippen LogP contribution in [0.15, 0.2) is 12.1 Å². The molecule has 0 amide bonds. The highest BCUT2D eigenvalue weighted by Crippen LogP contribution is 2.42. The zero-order valence-electron chi connectivity index (χ0n) is 6.23. The molecule has 0 radical (unpaired) electrons. The maximum atomic E-state index is 13.0. The third-order valence-corrected chi connectivity index (χ3v) is 2.14. The van der Waals surface area contributed by atoms with Gasteiger partial charge in [0.1, 0.15) is 6.10 Å². The van der Waals surface area contributed by atoms with E-state index < -0.39 is 29.1 Å². The Labute approximate surface area is 77.1 Å². The van der Waals surface area contributed by atoms with Gasteiger partial charge in [-0.15, -0.1) is 0 Å². The molecule has 5 heteroatoms. The third-order valence-electron chi connectivity index (χ3n) is 1.81. The Morgan fingerprint density at radius 3 is 2.31 bits per heavy atom. The molecule has 1 aromatic rings. The smallest absolute Gasteiger partial charge is 0.194 e. The first-order chi connectivity index (χ1) is 6.11. The minimum Gasteiger partial charge on any atom is -0.347 e. The van der Waals surface area contributed by atoms with Crippen LogP contribution in [0.3, 0.4) is 0 Å². The van der Waals surface area contributed by atoms with Crippen LogP contribution < -0.4 is 0 Å². The molecule has 0 spiro atoms. The van der Waals surface area contributed by atoms with E-state index in [1.807, 2.05) is 0 Å². The maximum Gasteiger partial charge on any atom is 0.194 e. The molecule has 1 saturated heterocycles. The topological polar surface area (TPSA) is 12.5 Å². The Hall–Kier alpha value is -0.740. The van der Waals surface area contributed by atoms with E-state index in [-0.39, 0.29) is 5.56 Å². The van der Waals surface area contributed by atoms with Crippen molar-refractivity contribution >= 4 is 11.6 Å². The molecule has 1 nitrogen and oxygen atoms in total. The summed E-state index contributed by atoms with van der Waals surface area (Å²) in [6.07, 6.45) is -0.656. The number of hydrogen-bond acceptors (Lipinski definition) is 1. The van der Waals surface area contributed by atoms with Gasteiger partial charge in [0.2, 0.25) is 0 Å². The minimum absolute atomic E-state index is 0.0427. The molecule has 70 valence electrons. The highest BCUT2D eigenvalue weighted by Gasteiger charge is 2.41. The Morgan fingerprint density at radius 1 is 1.15 bits per heavy atom. The van der Waals surface area contributed by atoms with Gasteiger partial charge in [0.25, 0.3) is 0 Å². The zero-order chi connectivity index (χ0) is 9.59. The van der Waals surface area contributed by atoms with Crippen molar-refractivity contribution in [2.75, 3.05) is 0 Å². The molecule has 0 N–H and O–H groups in total. The van der Waals surface area contributed by atoms with Crippen molar-refractivity contribution in [2.45, 2.75) is 11.7 Å². The van der Waals surface area contributed by atoms with Crippen LogP contribution in [0, 0.1) is 17.5 Å². The van der Waals surface area contributed by atoms with Crippen molar-refractivity contribution < 1.29 is 17.9 Å². The molecule has 0 aliphatic carbocycles. The number of benzene rings is 1. The van der Waals surface area contributed by atoms with Crippen LogP contribution >= 0.6 is 11.6 Å². The number of epoxide rings is 1. The Morgan fingerprint density at radius 2 is 1.77 bits per heavy atom. The highest BCUT2D eigenvalue weighted by molar-refractivity contribution is 6.21. The van der Waals surface area contributed by atoms with Crippen LogP contribution in [0.2, 0.25) is 0 Å². The number of halogens is 4. The van der Waals surface area contributed by atoms with Gasteiger partial charge in [0, 0.05) is 5.56 Å². The van der Waals surface area contributed by atoms with Crippen molar-refractivity contribution in [3.63, 3.8) is 0 Å². The van der Waals surface area contributed by atoms with E-state index >= 15 is 0 Å². The van der Waals surface area contributed by atoms with Gasteiger partial charge in [-0.3, -0.25) is 0 Å². The fourth-order valence-corrected chi connectivity index (χ4v) is 1.32. The highest BCUT2D eigenvalue weighted by atomic mass is 35.5. The van der Waals surface area contributed by atoms with E-state index in [0.717, 1.165) is 12.1 Å². The lowest BCUT2D eigenvalue weighted by atomic mass is 10.1. The summed E-state index contributed by atoms with van der Waals surface area (Å²) in [4.78, 5) is 0. The fourth-order valence-electron chi connectivity index (χ4n) is 1.07. The van der Waals surface area contributed by atoms with Crippen molar-refractivity contribution in [1.82, 2.24) is 0 Å². The molecule has 2 unspecified atom stereocenters. The van der Waals surface area contributed by atoms with Gasteiger partial charge in [0.15, 0.2) is 23.0 Å². The molecule has 2 rings (SSSR count).